The lowest BCUT2D eigenvalue weighted by Gasteiger charge is -2.23. The number of carbonyl (C=O) groups is 1. The van der Waals surface area contributed by atoms with Crippen LogP contribution in [0.4, 0.5) is 5.69 Å². The van der Waals surface area contributed by atoms with Crippen LogP contribution >= 0.6 is 11.6 Å². The molecule has 0 fully saturated rings. The molecule has 0 radical (unpaired) electrons. The maximum atomic E-state index is 12.9. The standard InChI is InChI=1S/C18H14ClNO3S/c19-18(21)13-20(24(22,23)17-8-2-1-3-9-17)16-11-10-14-6-4-5-7-15(14)12-16/h1-12H,13H2. The highest BCUT2D eigenvalue weighted by Crippen LogP contribution is 2.27. The van der Waals surface area contributed by atoms with Crippen molar-refractivity contribution < 1.29 is 13.2 Å². The van der Waals surface area contributed by atoms with Crippen molar-refractivity contribution >= 4 is 43.3 Å². The molecule has 0 N–H and O–H groups in total. The normalized spacial score (nSPS) is 11.4. The number of halogens is 1. The minimum Gasteiger partial charge on any atom is -0.279 e. The SMILES string of the molecule is O=C(Cl)CN(c1ccc2ccccc2c1)S(=O)(=O)c1ccccc1. The molecule has 0 saturated heterocycles. The smallest absolute Gasteiger partial charge is 0.264 e. The maximum Gasteiger partial charge on any atom is 0.264 e. The van der Waals surface area contributed by atoms with Crippen LogP contribution in [0.5, 0.6) is 0 Å². The van der Waals surface area contributed by atoms with Gasteiger partial charge in [-0.1, -0.05) is 48.5 Å². The molecule has 122 valence electrons. The van der Waals surface area contributed by atoms with E-state index in [1.165, 1.54) is 12.1 Å². The lowest BCUT2D eigenvalue weighted by atomic mass is 10.1. The number of hydrogen-bond donors (Lipinski definition) is 0. The van der Waals surface area contributed by atoms with Gasteiger partial charge in [-0.25, -0.2) is 8.42 Å². The molecule has 3 aromatic rings. The van der Waals surface area contributed by atoms with Crippen LogP contribution in [0.1, 0.15) is 0 Å². The molecular formula is C18H14ClNO3S. The molecule has 3 aromatic carbocycles. The monoisotopic (exact) mass is 359 g/mol. The second kappa shape index (κ2) is 6.63. The summed E-state index contributed by atoms with van der Waals surface area (Å²) in [5.41, 5.74) is 0.395. The number of sulfonamides is 1. The predicted molar refractivity (Wildman–Crippen MR) is 95.8 cm³/mol. The molecular weight excluding hydrogens is 346 g/mol. The highest BCUT2D eigenvalue weighted by atomic mass is 35.5. The summed E-state index contributed by atoms with van der Waals surface area (Å²) >= 11 is 5.49. The minimum absolute atomic E-state index is 0.107. The third kappa shape index (κ3) is 3.27. The first-order valence-electron chi connectivity index (χ1n) is 7.23. The molecule has 0 saturated carbocycles. The third-order valence-electron chi connectivity index (χ3n) is 3.62. The van der Waals surface area contributed by atoms with Gasteiger partial charge in [-0.2, -0.15) is 0 Å². The fourth-order valence-electron chi connectivity index (χ4n) is 2.48. The number of rotatable bonds is 5. The van der Waals surface area contributed by atoms with Gasteiger partial charge in [0.2, 0.25) is 5.24 Å². The first kappa shape index (κ1) is 16.5. The van der Waals surface area contributed by atoms with E-state index in [2.05, 4.69) is 0 Å². The van der Waals surface area contributed by atoms with Gasteiger partial charge in [0.05, 0.1) is 10.6 Å². The van der Waals surface area contributed by atoms with E-state index in [0.717, 1.165) is 15.1 Å². The van der Waals surface area contributed by atoms with Crippen LogP contribution in [-0.4, -0.2) is 20.2 Å². The Kier molecular flexibility index (Phi) is 4.55. The lowest BCUT2D eigenvalue weighted by Crippen LogP contribution is -2.34. The van der Waals surface area contributed by atoms with E-state index in [1.807, 2.05) is 30.3 Å². The summed E-state index contributed by atoms with van der Waals surface area (Å²) in [6.45, 7) is -0.433. The van der Waals surface area contributed by atoms with Crippen molar-refractivity contribution in [3.63, 3.8) is 0 Å². The number of nitrogens with zero attached hydrogens (tertiary/aromatic N) is 1. The minimum atomic E-state index is -3.89. The number of fused-ring (bicyclic) bond motifs is 1. The van der Waals surface area contributed by atoms with Crippen molar-refractivity contribution in [2.24, 2.45) is 0 Å². The van der Waals surface area contributed by atoms with Crippen molar-refractivity contribution in [2.75, 3.05) is 10.8 Å². The van der Waals surface area contributed by atoms with Gasteiger partial charge in [0.15, 0.2) is 0 Å². The molecule has 0 unspecified atom stereocenters. The van der Waals surface area contributed by atoms with Crippen molar-refractivity contribution in [1.29, 1.82) is 0 Å². The summed E-state index contributed by atoms with van der Waals surface area (Å²) in [6.07, 6.45) is 0. The Morgan fingerprint density at radius 3 is 2.17 bits per heavy atom. The molecule has 0 aliphatic carbocycles. The maximum absolute atomic E-state index is 12.9. The first-order valence-corrected chi connectivity index (χ1v) is 9.05. The molecule has 0 bridgehead atoms. The highest BCUT2D eigenvalue weighted by molar-refractivity contribution is 7.92. The third-order valence-corrected chi connectivity index (χ3v) is 5.53. The molecule has 4 nitrogen and oxygen atoms in total. The molecule has 0 amide bonds. The predicted octanol–water partition coefficient (Wildman–Crippen LogP) is 3.80. The van der Waals surface area contributed by atoms with E-state index >= 15 is 0 Å². The number of benzene rings is 3. The summed E-state index contributed by atoms with van der Waals surface area (Å²) in [6, 6.07) is 20.8. The fraction of sp³-hybridized carbons (Fsp3) is 0.0556. The Morgan fingerprint density at radius 2 is 1.50 bits per heavy atom. The van der Waals surface area contributed by atoms with Crippen LogP contribution in [0.2, 0.25) is 0 Å². The average molecular weight is 360 g/mol. The Hall–Kier alpha value is -2.37. The lowest BCUT2D eigenvalue weighted by molar-refractivity contribution is -0.110. The van der Waals surface area contributed by atoms with Crippen LogP contribution in [0.3, 0.4) is 0 Å². The van der Waals surface area contributed by atoms with Crippen LogP contribution in [-0.2, 0) is 14.8 Å². The largest absolute Gasteiger partial charge is 0.279 e. The first-order chi connectivity index (χ1) is 11.5. The quantitative estimate of drug-likeness (QED) is 0.651. The summed E-state index contributed by atoms with van der Waals surface area (Å²) < 4.78 is 26.9. The molecule has 24 heavy (non-hydrogen) atoms. The van der Waals surface area contributed by atoms with Gasteiger partial charge < -0.3 is 0 Å². The van der Waals surface area contributed by atoms with Gasteiger partial charge >= 0.3 is 0 Å². The zero-order chi connectivity index (χ0) is 17.2. The van der Waals surface area contributed by atoms with E-state index in [1.54, 1.807) is 30.3 Å². The molecule has 0 atom stereocenters. The van der Waals surface area contributed by atoms with Crippen molar-refractivity contribution in [3.8, 4) is 0 Å². The average Bonchev–Trinajstić information content (AvgIpc) is 2.60. The topological polar surface area (TPSA) is 54.5 Å². The van der Waals surface area contributed by atoms with E-state index < -0.39 is 21.8 Å². The molecule has 0 aromatic heterocycles. The number of hydrogen-bond acceptors (Lipinski definition) is 3. The van der Waals surface area contributed by atoms with Crippen LogP contribution < -0.4 is 4.31 Å². The van der Waals surface area contributed by atoms with Crippen LogP contribution in [0.15, 0.2) is 77.7 Å². The summed E-state index contributed by atoms with van der Waals surface area (Å²) in [4.78, 5) is 11.5. The zero-order valence-corrected chi connectivity index (χ0v) is 14.2. The van der Waals surface area contributed by atoms with E-state index in [4.69, 9.17) is 11.6 Å². The van der Waals surface area contributed by atoms with Crippen molar-refractivity contribution in [3.05, 3.63) is 72.8 Å². The molecule has 0 heterocycles. The van der Waals surface area contributed by atoms with Crippen LogP contribution in [0, 0.1) is 0 Å². The molecule has 0 spiro atoms. The Morgan fingerprint density at radius 1 is 0.875 bits per heavy atom. The Bertz CT molecular complexity index is 987. The van der Waals surface area contributed by atoms with Gasteiger partial charge in [0, 0.05) is 0 Å². The Labute approximate surface area is 145 Å². The number of anilines is 1. The fourth-order valence-corrected chi connectivity index (χ4v) is 4.10. The van der Waals surface area contributed by atoms with E-state index in [0.29, 0.717) is 5.69 Å². The Balaban J connectivity index is 2.13. The summed E-state index contributed by atoms with van der Waals surface area (Å²) in [5.74, 6) is 0. The van der Waals surface area contributed by atoms with Gasteiger partial charge in [-0.05, 0) is 46.6 Å². The van der Waals surface area contributed by atoms with Gasteiger partial charge in [0.25, 0.3) is 10.0 Å². The zero-order valence-electron chi connectivity index (χ0n) is 12.6. The van der Waals surface area contributed by atoms with E-state index in [-0.39, 0.29) is 4.90 Å². The van der Waals surface area contributed by atoms with Gasteiger partial charge in [-0.15, -0.1) is 0 Å². The highest BCUT2D eigenvalue weighted by Gasteiger charge is 2.26. The summed E-state index contributed by atoms with van der Waals surface area (Å²) in [7, 11) is -3.89. The van der Waals surface area contributed by atoms with Crippen molar-refractivity contribution in [1.82, 2.24) is 0 Å². The molecule has 6 heteroatoms. The summed E-state index contributed by atoms with van der Waals surface area (Å²) in [5, 5.41) is 1.11. The van der Waals surface area contributed by atoms with Gasteiger partial charge in [-0.3, -0.25) is 9.10 Å². The number of carbonyl (C=O) groups excluding carboxylic acids is 1. The van der Waals surface area contributed by atoms with E-state index in [9.17, 15) is 13.2 Å². The second-order valence-electron chi connectivity index (χ2n) is 5.21. The molecule has 3 rings (SSSR count). The molecule has 0 aliphatic heterocycles. The van der Waals surface area contributed by atoms with Crippen molar-refractivity contribution in [2.45, 2.75) is 4.90 Å². The van der Waals surface area contributed by atoms with Gasteiger partial charge in [0.1, 0.15) is 6.54 Å². The van der Waals surface area contributed by atoms with Crippen LogP contribution in [0.25, 0.3) is 10.8 Å². The molecule has 0 aliphatic rings. The second-order valence-corrected chi connectivity index (χ2v) is 7.50.